The normalized spacial score (nSPS) is 13.6. The third-order valence-electron chi connectivity index (χ3n) is 4.75. The highest BCUT2D eigenvalue weighted by atomic mass is 32.2. The van der Waals surface area contributed by atoms with Crippen LogP contribution in [0.5, 0.6) is 0 Å². The van der Waals surface area contributed by atoms with E-state index in [-0.39, 0.29) is 5.91 Å². The molecule has 140 valence electrons. The molecule has 0 saturated heterocycles. The van der Waals surface area contributed by atoms with Crippen LogP contribution in [0.3, 0.4) is 0 Å². The first-order chi connectivity index (χ1) is 13.2. The second-order valence-electron chi connectivity index (χ2n) is 6.60. The number of carbonyl (C=O) groups excluding carboxylic acids is 1. The SMILES string of the molecule is CCn1c(SCC(=O)N2CCCc3cc(C)ccc32)nnc1-c1ccco1. The molecule has 6 nitrogen and oxygen atoms in total. The Morgan fingerprint density at radius 2 is 2.19 bits per heavy atom. The Kier molecular flexibility index (Phi) is 5.03. The zero-order valence-corrected chi connectivity index (χ0v) is 16.3. The summed E-state index contributed by atoms with van der Waals surface area (Å²) in [4.78, 5) is 14.8. The largest absolute Gasteiger partial charge is 0.461 e. The summed E-state index contributed by atoms with van der Waals surface area (Å²) in [6.07, 6.45) is 3.65. The molecule has 1 amide bonds. The average Bonchev–Trinajstić information content (AvgIpc) is 3.34. The van der Waals surface area contributed by atoms with Gasteiger partial charge >= 0.3 is 0 Å². The first-order valence-electron chi connectivity index (χ1n) is 9.17. The Labute approximate surface area is 162 Å². The first-order valence-corrected chi connectivity index (χ1v) is 10.2. The monoisotopic (exact) mass is 382 g/mol. The van der Waals surface area contributed by atoms with E-state index in [0.29, 0.717) is 23.9 Å². The molecule has 0 unspecified atom stereocenters. The van der Waals surface area contributed by atoms with Crippen molar-refractivity contribution in [2.45, 2.75) is 38.4 Å². The lowest BCUT2D eigenvalue weighted by atomic mass is 10.00. The highest BCUT2D eigenvalue weighted by Crippen LogP contribution is 2.30. The van der Waals surface area contributed by atoms with Crippen LogP contribution in [-0.4, -0.2) is 33.0 Å². The molecule has 1 aliphatic heterocycles. The van der Waals surface area contributed by atoms with E-state index >= 15 is 0 Å². The molecule has 0 spiro atoms. The molecule has 4 rings (SSSR count). The number of anilines is 1. The van der Waals surface area contributed by atoms with Crippen molar-refractivity contribution in [2.75, 3.05) is 17.2 Å². The van der Waals surface area contributed by atoms with E-state index in [9.17, 15) is 4.79 Å². The Hall–Kier alpha value is -2.54. The molecule has 2 aromatic heterocycles. The summed E-state index contributed by atoms with van der Waals surface area (Å²) in [6.45, 7) is 5.61. The lowest BCUT2D eigenvalue weighted by Gasteiger charge is -2.29. The number of hydrogen-bond acceptors (Lipinski definition) is 5. The lowest BCUT2D eigenvalue weighted by Crippen LogP contribution is -2.36. The van der Waals surface area contributed by atoms with Gasteiger partial charge in [0.2, 0.25) is 5.91 Å². The van der Waals surface area contributed by atoms with Crippen molar-refractivity contribution in [3.05, 3.63) is 47.7 Å². The Morgan fingerprint density at radius 1 is 1.30 bits per heavy atom. The minimum absolute atomic E-state index is 0.106. The topological polar surface area (TPSA) is 64.2 Å². The van der Waals surface area contributed by atoms with E-state index in [4.69, 9.17) is 4.42 Å². The molecule has 3 heterocycles. The van der Waals surface area contributed by atoms with Crippen LogP contribution < -0.4 is 4.90 Å². The van der Waals surface area contributed by atoms with E-state index in [0.717, 1.165) is 30.2 Å². The molecule has 0 atom stereocenters. The Morgan fingerprint density at radius 3 is 2.96 bits per heavy atom. The minimum atomic E-state index is 0.106. The van der Waals surface area contributed by atoms with Gasteiger partial charge in [0.1, 0.15) is 0 Å². The van der Waals surface area contributed by atoms with Crippen LogP contribution in [0.1, 0.15) is 24.5 Å². The quantitative estimate of drug-likeness (QED) is 0.626. The predicted octanol–water partition coefficient (Wildman–Crippen LogP) is 3.94. The van der Waals surface area contributed by atoms with E-state index in [1.807, 2.05) is 28.5 Å². The summed E-state index contributed by atoms with van der Waals surface area (Å²) in [5, 5.41) is 9.23. The average molecular weight is 382 g/mol. The van der Waals surface area contributed by atoms with E-state index in [2.05, 4.69) is 35.3 Å². The van der Waals surface area contributed by atoms with Crippen LogP contribution in [0.2, 0.25) is 0 Å². The van der Waals surface area contributed by atoms with E-state index < -0.39 is 0 Å². The fourth-order valence-corrected chi connectivity index (χ4v) is 4.34. The Bertz CT molecular complexity index is 949. The second kappa shape index (κ2) is 7.60. The van der Waals surface area contributed by atoms with Crippen LogP contribution >= 0.6 is 11.8 Å². The van der Waals surface area contributed by atoms with Gasteiger partial charge in [-0.25, -0.2) is 0 Å². The van der Waals surface area contributed by atoms with Gasteiger partial charge in [-0.15, -0.1) is 10.2 Å². The van der Waals surface area contributed by atoms with Crippen molar-refractivity contribution >= 4 is 23.4 Å². The summed E-state index contributed by atoms with van der Waals surface area (Å²) in [7, 11) is 0. The van der Waals surface area contributed by atoms with Crippen molar-refractivity contribution in [3.8, 4) is 11.6 Å². The van der Waals surface area contributed by atoms with Crippen LogP contribution in [0.15, 0.2) is 46.2 Å². The van der Waals surface area contributed by atoms with Crippen LogP contribution in [0, 0.1) is 6.92 Å². The van der Waals surface area contributed by atoms with Gasteiger partial charge in [-0.1, -0.05) is 29.5 Å². The molecule has 0 fully saturated rings. The molecule has 0 radical (unpaired) electrons. The summed E-state index contributed by atoms with van der Waals surface area (Å²) in [5.41, 5.74) is 3.54. The number of nitrogens with zero attached hydrogens (tertiary/aromatic N) is 4. The van der Waals surface area contributed by atoms with Gasteiger partial charge in [-0.2, -0.15) is 0 Å². The van der Waals surface area contributed by atoms with Crippen LogP contribution in [-0.2, 0) is 17.8 Å². The van der Waals surface area contributed by atoms with Gasteiger partial charge in [-0.3, -0.25) is 9.36 Å². The molecule has 3 aromatic rings. The standard InChI is InChI=1S/C20H22N4O2S/c1-3-23-19(17-7-5-11-26-17)21-22-20(23)27-13-18(25)24-10-4-6-15-12-14(2)8-9-16(15)24/h5,7-9,11-12H,3-4,6,10,13H2,1-2H3. The van der Waals surface area contributed by atoms with Crippen LogP contribution in [0.25, 0.3) is 11.6 Å². The third kappa shape index (κ3) is 3.51. The number of aromatic nitrogens is 3. The molecule has 0 saturated carbocycles. The van der Waals surface area contributed by atoms with Gasteiger partial charge < -0.3 is 9.32 Å². The molecule has 27 heavy (non-hydrogen) atoms. The van der Waals surface area contributed by atoms with Gasteiger partial charge in [0.25, 0.3) is 0 Å². The number of benzene rings is 1. The number of rotatable bonds is 5. The van der Waals surface area contributed by atoms with Crippen LogP contribution in [0.4, 0.5) is 5.69 Å². The number of fused-ring (bicyclic) bond motifs is 1. The number of carbonyl (C=O) groups is 1. The molecule has 1 aromatic carbocycles. The molecular weight excluding hydrogens is 360 g/mol. The van der Waals surface area contributed by atoms with Crippen molar-refractivity contribution in [1.29, 1.82) is 0 Å². The number of thioether (sulfide) groups is 1. The maximum absolute atomic E-state index is 12.9. The highest BCUT2D eigenvalue weighted by molar-refractivity contribution is 7.99. The first kappa shape index (κ1) is 17.9. The highest BCUT2D eigenvalue weighted by Gasteiger charge is 2.23. The van der Waals surface area contributed by atoms with Gasteiger partial charge in [0.15, 0.2) is 16.7 Å². The maximum atomic E-state index is 12.9. The van der Waals surface area contributed by atoms with E-state index in [1.54, 1.807) is 6.26 Å². The molecular formula is C20H22N4O2S. The molecule has 1 aliphatic rings. The van der Waals surface area contributed by atoms with Gasteiger partial charge in [0.05, 0.1) is 12.0 Å². The van der Waals surface area contributed by atoms with Gasteiger partial charge in [0, 0.05) is 18.8 Å². The zero-order chi connectivity index (χ0) is 18.8. The van der Waals surface area contributed by atoms with Crippen molar-refractivity contribution in [1.82, 2.24) is 14.8 Å². The number of amides is 1. The molecule has 7 heteroatoms. The number of hydrogen-bond donors (Lipinski definition) is 0. The fourth-order valence-electron chi connectivity index (χ4n) is 3.46. The number of furan rings is 1. The molecule has 0 N–H and O–H groups in total. The minimum Gasteiger partial charge on any atom is -0.461 e. The van der Waals surface area contributed by atoms with E-state index in [1.165, 1.54) is 22.9 Å². The summed E-state index contributed by atoms with van der Waals surface area (Å²) in [6, 6.07) is 10.0. The van der Waals surface area contributed by atoms with Crippen molar-refractivity contribution in [2.24, 2.45) is 0 Å². The second-order valence-corrected chi connectivity index (χ2v) is 7.54. The third-order valence-corrected chi connectivity index (χ3v) is 5.71. The van der Waals surface area contributed by atoms with Crippen molar-refractivity contribution < 1.29 is 9.21 Å². The molecule has 0 bridgehead atoms. The maximum Gasteiger partial charge on any atom is 0.237 e. The lowest BCUT2D eigenvalue weighted by molar-refractivity contribution is -0.116. The Balaban J connectivity index is 1.49. The van der Waals surface area contributed by atoms with Crippen molar-refractivity contribution in [3.63, 3.8) is 0 Å². The van der Waals surface area contributed by atoms with Gasteiger partial charge in [-0.05, 0) is 50.5 Å². The smallest absolute Gasteiger partial charge is 0.237 e. The number of aryl methyl sites for hydroxylation is 2. The fraction of sp³-hybridized carbons (Fsp3) is 0.350. The zero-order valence-electron chi connectivity index (χ0n) is 15.5. The summed E-state index contributed by atoms with van der Waals surface area (Å²) in [5.74, 6) is 1.82. The summed E-state index contributed by atoms with van der Waals surface area (Å²) >= 11 is 1.43. The summed E-state index contributed by atoms with van der Waals surface area (Å²) < 4.78 is 7.41. The molecule has 0 aliphatic carbocycles. The predicted molar refractivity (Wildman–Crippen MR) is 106 cm³/mol.